The third-order valence-electron chi connectivity index (χ3n) is 2.88. The van der Waals surface area contributed by atoms with Gasteiger partial charge in [0.2, 0.25) is 5.91 Å². The molecule has 0 aromatic heterocycles. The summed E-state index contributed by atoms with van der Waals surface area (Å²) in [7, 11) is 0. The molecule has 1 amide bonds. The summed E-state index contributed by atoms with van der Waals surface area (Å²) in [6.45, 7) is 8.45. The smallest absolute Gasteiger partial charge is 0.239 e. The minimum atomic E-state index is 0.0243. The van der Waals surface area contributed by atoms with E-state index in [0.29, 0.717) is 6.54 Å². The molecule has 1 aromatic carbocycles. The fourth-order valence-corrected chi connectivity index (χ4v) is 2.55. The van der Waals surface area contributed by atoms with Crippen molar-refractivity contribution in [1.82, 2.24) is 5.32 Å². The fourth-order valence-electron chi connectivity index (χ4n) is 1.74. The minimum Gasteiger partial charge on any atom is -0.375 e. The standard InChI is InChI=1S/C14H21BrN2O/c1-5-11(4)17-13(18)8-16-14-10(3)6-9(2)7-12(14)15/h6-7,11,16H,5,8H2,1-4H3,(H,17,18). The van der Waals surface area contributed by atoms with Crippen LogP contribution in [0.15, 0.2) is 16.6 Å². The van der Waals surface area contributed by atoms with Crippen molar-refractivity contribution >= 4 is 27.5 Å². The van der Waals surface area contributed by atoms with Gasteiger partial charge in [-0.1, -0.05) is 13.0 Å². The molecule has 1 rings (SSSR count). The molecule has 1 unspecified atom stereocenters. The SMILES string of the molecule is CCC(C)NC(=O)CNc1c(C)cc(C)cc1Br. The molecule has 3 nitrogen and oxygen atoms in total. The summed E-state index contributed by atoms with van der Waals surface area (Å²) in [5.74, 6) is 0.0243. The molecule has 0 bridgehead atoms. The first kappa shape index (κ1) is 15.0. The van der Waals surface area contributed by atoms with E-state index in [1.54, 1.807) is 0 Å². The van der Waals surface area contributed by atoms with Gasteiger partial charge in [-0.2, -0.15) is 0 Å². The monoisotopic (exact) mass is 312 g/mol. The fraction of sp³-hybridized carbons (Fsp3) is 0.500. The molecule has 0 spiro atoms. The highest BCUT2D eigenvalue weighted by atomic mass is 79.9. The Morgan fingerprint density at radius 1 is 1.39 bits per heavy atom. The maximum atomic E-state index is 11.7. The van der Waals surface area contributed by atoms with Gasteiger partial charge in [0.25, 0.3) is 0 Å². The highest BCUT2D eigenvalue weighted by molar-refractivity contribution is 9.10. The zero-order chi connectivity index (χ0) is 13.7. The molecular formula is C14H21BrN2O. The van der Waals surface area contributed by atoms with Gasteiger partial charge in [-0.25, -0.2) is 0 Å². The lowest BCUT2D eigenvalue weighted by molar-refractivity contribution is -0.120. The summed E-state index contributed by atoms with van der Waals surface area (Å²) in [6, 6.07) is 4.36. The number of aryl methyl sites for hydroxylation is 2. The van der Waals surface area contributed by atoms with E-state index in [1.165, 1.54) is 5.56 Å². The molecule has 0 saturated heterocycles. The molecule has 100 valence electrons. The number of carbonyl (C=O) groups is 1. The average Bonchev–Trinajstić information content (AvgIpc) is 2.27. The van der Waals surface area contributed by atoms with Gasteiger partial charge < -0.3 is 10.6 Å². The van der Waals surface area contributed by atoms with Gasteiger partial charge in [-0.15, -0.1) is 0 Å². The predicted molar refractivity (Wildman–Crippen MR) is 80.0 cm³/mol. The van der Waals surface area contributed by atoms with Crippen LogP contribution in [0, 0.1) is 13.8 Å². The van der Waals surface area contributed by atoms with Crippen molar-refractivity contribution in [2.75, 3.05) is 11.9 Å². The molecule has 0 saturated carbocycles. The molecule has 0 fully saturated rings. The lowest BCUT2D eigenvalue weighted by Gasteiger charge is -2.15. The van der Waals surface area contributed by atoms with Crippen LogP contribution in [0.2, 0.25) is 0 Å². The number of benzene rings is 1. The van der Waals surface area contributed by atoms with E-state index in [-0.39, 0.29) is 11.9 Å². The van der Waals surface area contributed by atoms with Crippen LogP contribution in [0.25, 0.3) is 0 Å². The van der Waals surface area contributed by atoms with Gasteiger partial charge in [-0.3, -0.25) is 4.79 Å². The maximum Gasteiger partial charge on any atom is 0.239 e. The highest BCUT2D eigenvalue weighted by Crippen LogP contribution is 2.27. The van der Waals surface area contributed by atoms with Crippen molar-refractivity contribution in [3.8, 4) is 0 Å². The first-order chi connectivity index (χ1) is 8.43. The van der Waals surface area contributed by atoms with E-state index >= 15 is 0 Å². The molecule has 1 atom stereocenters. The molecular weight excluding hydrogens is 292 g/mol. The lowest BCUT2D eigenvalue weighted by atomic mass is 10.1. The molecule has 1 aromatic rings. The van der Waals surface area contributed by atoms with Crippen LogP contribution in [-0.2, 0) is 4.79 Å². The molecule has 4 heteroatoms. The first-order valence-electron chi connectivity index (χ1n) is 6.24. The number of nitrogens with one attached hydrogen (secondary N) is 2. The number of hydrogen-bond acceptors (Lipinski definition) is 2. The van der Waals surface area contributed by atoms with Crippen LogP contribution in [0.4, 0.5) is 5.69 Å². The maximum absolute atomic E-state index is 11.7. The van der Waals surface area contributed by atoms with Crippen LogP contribution < -0.4 is 10.6 Å². The largest absolute Gasteiger partial charge is 0.375 e. The van der Waals surface area contributed by atoms with Crippen LogP contribution in [0.3, 0.4) is 0 Å². The summed E-state index contributed by atoms with van der Waals surface area (Å²) >= 11 is 3.52. The molecule has 0 aliphatic rings. The predicted octanol–water partition coefficient (Wildman–Crippen LogP) is 3.39. The van der Waals surface area contributed by atoms with Gasteiger partial charge in [-0.05, 0) is 60.3 Å². The summed E-state index contributed by atoms with van der Waals surface area (Å²) in [5.41, 5.74) is 3.33. The molecule has 0 aliphatic heterocycles. The molecule has 0 aliphatic carbocycles. The van der Waals surface area contributed by atoms with Crippen molar-refractivity contribution in [3.05, 3.63) is 27.7 Å². The van der Waals surface area contributed by atoms with Crippen molar-refractivity contribution in [2.45, 2.75) is 40.2 Å². The Hall–Kier alpha value is -1.03. The third-order valence-corrected chi connectivity index (χ3v) is 3.50. The zero-order valence-electron chi connectivity index (χ0n) is 11.4. The first-order valence-corrected chi connectivity index (χ1v) is 7.03. The van der Waals surface area contributed by atoms with E-state index in [2.05, 4.69) is 46.5 Å². The van der Waals surface area contributed by atoms with Crippen molar-refractivity contribution < 1.29 is 4.79 Å². The van der Waals surface area contributed by atoms with E-state index in [9.17, 15) is 4.79 Å². The third kappa shape index (κ3) is 4.33. The van der Waals surface area contributed by atoms with Crippen LogP contribution >= 0.6 is 15.9 Å². The zero-order valence-corrected chi connectivity index (χ0v) is 13.0. The van der Waals surface area contributed by atoms with Crippen molar-refractivity contribution in [1.29, 1.82) is 0 Å². The Bertz CT molecular complexity index is 409. The van der Waals surface area contributed by atoms with Gasteiger partial charge in [0.1, 0.15) is 0 Å². The summed E-state index contributed by atoms with van der Waals surface area (Å²) in [6.07, 6.45) is 0.943. The van der Waals surface area contributed by atoms with Crippen molar-refractivity contribution in [2.24, 2.45) is 0 Å². The van der Waals surface area contributed by atoms with Crippen molar-refractivity contribution in [3.63, 3.8) is 0 Å². The second-order valence-corrected chi connectivity index (χ2v) is 5.52. The minimum absolute atomic E-state index is 0.0243. The quantitative estimate of drug-likeness (QED) is 0.875. The second kappa shape index (κ2) is 6.78. The average molecular weight is 313 g/mol. The van der Waals surface area contributed by atoms with Crippen LogP contribution in [0.1, 0.15) is 31.4 Å². The lowest BCUT2D eigenvalue weighted by Crippen LogP contribution is -2.36. The normalized spacial score (nSPS) is 12.1. The van der Waals surface area contributed by atoms with Crippen LogP contribution in [0.5, 0.6) is 0 Å². The van der Waals surface area contributed by atoms with Crippen LogP contribution in [-0.4, -0.2) is 18.5 Å². The Morgan fingerprint density at radius 2 is 2.06 bits per heavy atom. The van der Waals surface area contributed by atoms with E-state index in [0.717, 1.165) is 22.1 Å². The Morgan fingerprint density at radius 3 is 2.61 bits per heavy atom. The Labute approximate surface area is 117 Å². The van der Waals surface area contributed by atoms with Gasteiger partial charge in [0.15, 0.2) is 0 Å². The Balaban J connectivity index is 2.61. The second-order valence-electron chi connectivity index (χ2n) is 4.67. The summed E-state index contributed by atoms with van der Waals surface area (Å²) in [4.78, 5) is 11.7. The molecule has 18 heavy (non-hydrogen) atoms. The van der Waals surface area contributed by atoms with Gasteiger partial charge >= 0.3 is 0 Å². The summed E-state index contributed by atoms with van der Waals surface area (Å²) < 4.78 is 0.997. The topological polar surface area (TPSA) is 41.1 Å². The number of halogens is 1. The summed E-state index contributed by atoms with van der Waals surface area (Å²) in [5, 5.41) is 6.11. The van der Waals surface area contributed by atoms with E-state index < -0.39 is 0 Å². The number of anilines is 1. The highest BCUT2D eigenvalue weighted by Gasteiger charge is 2.08. The van der Waals surface area contributed by atoms with Gasteiger partial charge in [0, 0.05) is 10.5 Å². The molecule has 0 heterocycles. The van der Waals surface area contributed by atoms with Gasteiger partial charge in [0.05, 0.1) is 12.2 Å². The Kier molecular flexibility index (Phi) is 5.66. The molecule has 0 radical (unpaired) electrons. The number of rotatable bonds is 5. The number of carbonyl (C=O) groups excluding carboxylic acids is 1. The molecule has 2 N–H and O–H groups in total. The van der Waals surface area contributed by atoms with E-state index in [4.69, 9.17) is 0 Å². The number of amides is 1. The van der Waals surface area contributed by atoms with E-state index in [1.807, 2.05) is 19.9 Å². The number of hydrogen-bond donors (Lipinski definition) is 2.